The van der Waals surface area contributed by atoms with Crippen molar-refractivity contribution in [2.45, 2.75) is 79.1 Å². The van der Waals surface area contributed by atoms with Gasteiger partial charge >= 0.3 is 0 Å². The minimum atomic E-state index is 0. The van der Waals surface area contributed by atoms with Crippen LogP contribution in [0.3, 0.4) is 0 Å². The molecule has 3 rings (SSSR count). The lowest BCUT2D eigenvalue weighted by molar-refractivity contribution is -0.663. The molecule has 1 aliphatic rings. The summed E-state index contributed by atoms with van der Waals surface area (Å²) in [6.07, 6.45) is 13.4. The Morgan fingerprint density at radius 3 is 1.57 bits per heavy atom. The second-order valence-electron chi connectivity index (χ2n) is 8.11. The molecule has 1 heterocycles. The molecule has 3 heteroatoms. The molecule has 0 fully saturated rings. The Bertz CT molecular complexity index is 834. The molecule has 1 atom stereocenters. The highest BCUT2D eigenvalue weighted by Crippen LogP contribution is 2.24. The number of amidine groups is 1. The molecule has 0 aliphatic carbocycles. The Labute approximate surface area is 189 Å². The van der Waals surface area contributed by atoms with Crippen LogP contribution in [-0.4, -0.2) is 5.84 Å². The molecule has 1 aliphatic heterocycles. The van der Waals surface area contributed by atoms with Crippen molar-refractivity contribution in [3.8, 4) is 0 Å². The Hall–Kier alpha value is -1.90. The van der Waals surface area contributed by atoms with Crippen molar-refractivity contribution in [3.63, 3.8) is 0 Å². The van der Waals surface area contributed by atoms with E-state index in [-0.39, 0.29) is 12.4 Å². The van der Waals surface area contributed by atoms with Crippen LogP contribution in [0.25, 0.3) is 0 Å². The SMILES string of the molecule is CCCc1cccc(CCC)c1C1=NC=C[NH+]1c1c(CCC)cccc1CCC.[Cl-]. The summed E-state index contributed by atoms with van der Waals surface area (Å²) in [5.41, 5.74) is 8.67. The van der Waals surface area contributed by atoms with Crippen molar-refractivity contribution >= 4 is 11.5 Å². The maximum Gasteiger partial charge on any atom is 0.243 e. The fourth-order valence-corrected chi connectivity index (χ4v) is 4.60. The van der Waals surface area contributed by atoms with Gasteiger partial charge in [-0.1, -0.05) is 89.8 Å². The molecule has 2 aromatic rings. The predicted octanol–water partition coefficient (Wildman–Crippen LogP) is 2.95. The van der Waals surface area contributed by atoms with E-state index in [0.717, 1.165) is 38.5 Å². The van der Waals surface area contributed by atoms with Crippen LogP contribution in [0.15, 0.2) is 53.8 Å². The number of hydrogen-bond acceptors (Lipinski definition) is 1. The maximum absolute atomic E-state index is 4.95. The molecule has 0 bridgehead atoms. The van der Waals surface area contributed by atoms with Gasteiger partial charge in [0.15, 0.2) is 0 Å². The van der Waals surface area contributed by atoms with Crippen LogP contribution >= 0.6 is 0 Å². The lowest BCUT2D eigenvalue weighted by Gasteiger charge is -2.22. The van der Waals surface area contributed by atoms with Gasteiger partial charge in [0.25, 0.3) is 0 Å². The molecule has 30 heavy (non-hydrogen) atoms. The highest BCUT2D eigenvalue weighted by molar-refractivity contribution is 5.98. The minimum absolute atomic E-state index is 0. The number of quaternary nitrogens is 1. The third-order valence-electron chi connectivity index (χ3n) is 5.76. The van der Waals surface area contributed by atoms with Crippen LogP contribution < -0.4 is 17.3 Å². The third-order valence-corrected chi connectivity index (χ3v) is 5.76. The number of aryl methyl sites for hydroxylation is 4. The van der Waals surface area contributed by atoms with Gasteiger partial charge < -0.3 is 12.4 Å². The van der Waals surface area contributed by atoms with Crippen LogP contribution in [0.4, 0.5) is 5.69 Å². The second-order valence-corrected chi connectivity index (χ2v) is 8.11. The van der Waals surface area contributed by atoms with Gasteiger partial charge in [-0.2, -0.15) is 4.99 Å². The number of hydrogen-bond donors (Lipinski definition) is 1. The van der Waals surface area contributed by atoms with E-state index in [2.05, 4.69) is 70.3 Å². The van der Waals surface area contributed by atoms with Crippen molar-refractivity contribution in [2.75, 3.05) is 0 Å². The third kappa shape index (κ3) is 5.22. The lowest BCUT2D eigenvalue weighted by Crippen LogP contribution is -3.05. The number of nitrogens with zero attached hydrogens (tertiary/aromatic N) is 1. The monoisotopic (exact) mass is 424 g/mol. The molecule has 0 saturated heterocycles. The standard InChI is InChI=1S/C27H36N2.ClH/c1-5-11-21-15-9-16-22(12-6-2)25(21)27-28-19-20-29(27)26-23(13-7-3)17-10-18-24(26)14-8-4;/h9-10,15-20H,5-8,11-14H2,1-4H3;1H. The minimum Gasteiger partial charge on any atom is -1.00 e. The Kier molecular flexibility index (Phi) is 9.81. The Morgan fingerprint density at radius 1 is 0.667 bits per heavy atom. The highest BCUT2D eigenvalue weighted by atomic mass is 35.5. The van der Waals surface area contributed by atoms with Crippen molar-refractivity contribution < 1.29 is 17.3 Å². The van der Waals surface area contributed by atoms with Gasteiger partial charge in [-0.3, -0.25) is 0 Å². The quantitative estimate of drug-likeness (QED) is 0.604. The van der Waals surface area contributed by atoms with Gasteiger partial charge in [-0.25, -0.2) is 4.90 Å². The molecule has 0 radical (unpaired) electrons. The number of rotatable bonds is 10. The van der Waals surface area contributed by atoms with Gasteiger partial charge in [0.1, 0.15) is 11.9 Å². The smallest absolute Gasteiger partial charge is 0.243 e. The van der Waals surface area contributed by atoms with Gasteiger partial charge in [-0.05, 0) is 36.8 Å². The summed E-state index contributed by atoms with van der Waals surface area (Å²) in [5, 5.41) is 0. The Balaban J connectivity index is 0.00000320. The average Bonchev–Trinajstić information content (AvgIpc) is 3.18. The number of benzene rings is 2. The zero-order valence-corrected chi connectivity index (χ0v) is 19.9. The molecule has 0 amide bonds. The zero-order chi connectivity index (χ0) is 20.6. The highest BCUT2D eigenvalue weighted by Gasteiger charge is 2.31. The Morgan fingerprint density at radius 2 is 1.10 bits per heavy atom. The van der Waals surface area contributed by atoms with Crippen LogP contribution in [-0.2, 0) is 25.7 Å². The lowest BCUT2D eigenvalue weighted by atomic mass is 9.93. The van der Waals surface area contributed by atoms with Gasteiger partial charge in [-0.15, -0.1) is 0 Å². The molecular weight excluding hydrogens is 388 g/mol. The van der Waals surface area contributed by atoms with Crippen molar-refractivity contribution in [1.29, 1.82) is 0 Å². The van der Waals surface area contributed by atoms with E-state index in [1.165, 1.54) is 57.1 Å². The van der Waals surface area contributed by atoms with Crippen molar-refractivity contribution in [1.82, 2.24) is 0 Å². The fraction of sp³-hybridized carbons (Fsp3) is 0.444. The van der Waals surface area contributed by atoms with E-state index in [1.54, 1.807) is 0 Å². The molecule has 2 aromatic carbocycles. The normalized spacial score (nSPS) is 15.2. The number of aliphatic imine (C=N–C) groups is 1. The first-order valence-electron chi connectivity index (χ1n) is 11.6. The van der Waals surface area contributed by atoms with Crippen LogP contribution in [0.1, 0.15) is 81.2 Å². The molecular formula is C27H37ClN2. The molecule has 162 valence electrons. The fourth-order valence-electron chi connectivity index (χ4n) is 4.60. The maximum atomic E-state index is 4.95. The molecule has 1 unspecified atom stereocenters. The average molecular weight is 425 g/mol. The van der Waals surface area contributed by atoms with Gasteiger partial charge in [0, 0.05) is 11.1 Å². The predicted molar refractivity (Wildman–Crippen MR) is 125 cm³/mol. The first kappa shape index (κ1) is 24.4. The molecule has 2 nitrogen and oxygen atoms in total. The summed E-state index contributed by atoms with van der Waals surface area (Å²) >= 11 is 0. The molecule has 0 spiro atoms. The van der Waals surface area contributed by atoms with Crippen molar-refractivity contribution in [3.05, 3.63) is 76.6 Å². The second kappa shape index (κ2) is 12.1. The van der Waals surface area contributed by atoms with E-state index in [9.17, 15) is 0 Å². The summed E-state index contributed by atoms with van der Waals surface area (Å²) < 4.78 is 0. The van der Waals surface area contributed by atoms with Crippen LogP contribution in [0, 0.1) is 0 Å². The topological polar surface area (TPSA) is 16.8 Å². The van der Waals surface area contributed by atoms with Gasteiger partial charge in [0.05, 0.1) is 11.8 Å². The molecule has 0 saturated carbocycles. The van der Waals surface area contributed by atoms with E-state index >= 15 is 0 Å². The number of halogens is 1. The molecule has 1 N–H and O–H groups in total. The largest absolute Gasteiger partial charge is 1.00 e. The van der Waals surface area contributed by atoms with Crippen LogP contribution in [0.2, 0.25) is 0 Å². The summed E-state index contributed by atoms with van der Waals surface area (Å²) in [6, 6.07) is 13.7. The summed E-state index contributed by atoms with van der Waals surface area (Å²) in [6.45, 7) is 9.09. The number of para-hydroxylation sites is 1. The first-order valence-corrected chi connectivity index (χ1v) is 11.6. The van der Waals surface area contributed by atoms with Crippen molar-refractivity contribution in [2.24, 2.45) is 4.99 Å². The molecule has 0 aromatic heterocycles. The first-order chi connectivity index (χ1) is 14.2. The van der Waals surface area contributed by atoms with E-state index in [4.69, 9.17) is 4.99 Å². The van der Waals surface area contributed by atoms with E-state index in [1.807, 2.05) is 6.20 Å². The zero-order valence-electron chi connectivity index (χ0n) is 19.1. The summed E-state index contributed by atoms with van der Waals surface area (Å²) in [7, 11) is 0. The van der Waals surface area contributed by atoms with Gasteiger partial charge in [0.2, 0.25) is 5.84 Å². The van der Waals surface area contributed by atoms with E-state index < -0.39 is 0 Å². The summed E-state index contributed by atoms with van der Waals surface area (Å²) in [4.78, 5) is 6.28. The number of nitrogens with one attached hydrogen (secondary N) is 1. The van der Waals surface area contributed by atoms with Crippen LogP contribution in [0.5, 0.6) is 0 Å². The summed E-state index contributed by atoms with van der Waals surface area (Å²) in [5.74, 6) is 1.19. The van der Waals surface area contributed by atoms with E-state index in [0.29, 0.717) is 0 Å².